The predicted octanol–water partition coefficient (Wildman–Crippen LogP) is 2.88. The van der Waals surface area contributed by atoms with Gasteiger partial charge in [-0.25, -0.2) is 0 Å². The molecule has 0 saturated heterocycles. The van der Waals surface area contributed by atoms with Crippen molar-refractivity contribution >= 4 is 10.1 Å². The van der Waals surface area contributed by atoms with Crippen molar-refractivity contribution < 1.29 is 52.4 Å². The minimum atomic E-state index is -4.51. The molecule has 0 aromatic heterocycles. The predicted molar refractivity (Wildman–Crippen MR) is 113 cm³/mol. The quantitative estimate of drug-likeness (QED) is 0.293. The Hall–Kier alpha value is -1.05. The van der Waals surface area contributed by atoms with Gasteiger partial charge in [0, 0.05) is 5.56 Å². The maximum absolute atomic E-state index is 12.0. The van der Waals surface area contributed by atoms with Crippen LogP contribution < -0.4 is 39.4 Å². The van der Waals surface area contributed by atoms with Gasteiger partial charge < -0.3 is 9.84 Å². The van der Waals surface area contributed by atoms with E-state index >= 15 is 0 Å². The molecule has 0 fully saturated rings. The molecule has 0 unspecified atom stereocenters. The third-order valence-electron chi connectivity index (χ3n) is 4.92. The van der Waals surface area contributed by atoms with Gasteiger partial charge in [-0.15, -0.1) is 5.75 Å². The van der Waals surface area contributed by atoms with Crippen LogP contribution in [0.1, 0.15) is 70.3 Å². The van der Waals surface area contributed by atoms with Crippen molar-refractivity contribution in [1.29, 1.82) is 0 Å². The third kappa shape index (κ3) is 9.40. The second-order valence-corrected chi connectivity index (χ2v) is 8.76. The minimum Gasteiger partial charge on any atom is -0.872 e. The fourth-order valence-electron chi connectivity index (χ4n) is 3.39. The molecule has 0 saturated carbocycles. The van der Waals surface area contributed by atoms with Crippen LogP contribution in [0.4, 0.5) is 0 Å². The van der Waals surface area contributed by atoms with Gasteiger partial charge in [0.05, 0.1) is 0 Å². The van der Waals surface area contributed by atoms with Gasteiger partial charge in [0.1, 0.15) is 16.4 Å². The molecule has 2 rings (SSSR count). The molecule has 2 aromatic carbocycles. The third-order valence-corrected chi connectivity index (χ3v) is 5.84. The van der Waals surface area contributed by atoms with Crippen LogP contribution in [0, 0.1) is 0 Å². The average Bonchev–Trinajstić information content (AvgIpc) is 2.67. The molecular formula is C23H31NaO5S. The van der Waals surface area contributed by atoms with E-state index in [1.807, 2.05) is 6.07 Å². The normalized spacial score (nSPS) is 11.1. The first-order chi connectivity index (χ1) is 13.9. The van der Waals surface area contributed by atoms with Gasteiger partial charge in [-0.3, -0.25) is 4.55 Å². The van der Waals surface area contributed by atoms with Gasteiger partial charge in [0.15, 0.2) is 0 Å². The molecule has 0 amide bonds. The standard InChI is InChI=1S/C23H32O5S.Na/c1-2-3-4-5-6-7-8-9-13-16-21-22(28-20-14-11-10-12-15-20)17-19(24)18-23(21)29(25,26)27;/h10-12,14-15,17-18,24H,2-9,13,16H2,1H3,(H,25,26,27);/q;+1/p-1. The Labute approximate surface area is 202 Å². The van der Waals surface area contributed by atoms with E-state index in [4.69, 9.17) is 4.74 Å². The zero-order valence-electron chi connectivity index (χ0n) is 18.1. The van der Waals surface area contributed by atoms with Gasteiger partial charge >= 0.3 is 29.6 Å². The average molecular weight is 443 g/mol. The zero-order chi connectivity index (χ0) is 21.1. The molecule has 0 atom stereocenters. The molecule has 0 radical (unpaired) electrons. The number of benzene rings is 2. The Bertz CT molecular complexity index is 853. The van der Waals surface area contributed by atoms with Crippen LogP contribution in [-0.4, -0.2) is 13.0 Å². The maximum atomic E-state index is 12.0. The van der Waals surface area contributed by atoms with Gasteiger partial charge in [-0.05, 0) is 37.1 Å². The van der Waals surface area contributed by atoms with Gasteiger partial charge in [-0.2, -0.15) is 8.42 Å². The topological polar surface area (TPSA) is 86.7 Å². The molecular weight excluding hydrogens is 411 g/mol. The smallest absolute Gasteiger partial charge is 0.872 e. The fraction of sp³-hybridized carbons (Fsp3) is 0.478. The zero-order valence-corrected chi connectivity index (χ0v) is 20.9. The molecule has 160 valence electrons. The SMILES string of the molecule is CCCCCCCCCCCc1c(Oc2ccccc2)cc([O-])cc1S(=O)(=O)O.[Na+]. The summed E-state index contributed by atoms with van der Waals surface area (Å²) >= 11 is 0. The molecule has 7 heteroatoms. The Morgan fingerprint density at radius 3 is 2.03 bits per heavy atom. The summed E-state index contributed by atoms with van der Waals surface area (Å²) in [6.45, 7) is 2.20. The summed E-state index contributed by atoms with van der Waals surface area (Å²) in [5.41, 5.74) is 0.360. The van der Waals surface area contributed by atoms with E-state index < -0.39 is 15.9 Å². The first-order valence-corrected chi connectivity index (χ1v) is 11.9. The Morgan fingerprint density at radius 2 is 1.47 bits per heavy atom. The monoisotopic (exact) mass is 442 g/mol. The van der Waals surface area contributed by atoms with Gasteiger partial charge in [-0.1, -0.05) is 76.5 Å². The van der Waals surface area contributed by atoms with Crippen LogP contribution in [0.2, 0.25) is 0 Å². The molecule has 1 N–H and O–H groups in total. The van der Waals surface area contributed by atoms with Gasteiger partial charge in [0.25, 0.3) is 10.1 Å². The maximum Gasteiger partial charge on any atom is 1.00 e. The van der Waals surface area contributed by atoms with Crippen molar-refractivity contribution in [3.63, 3.8) is 0 Å². The van der Waals surface area contributed by atoms with Crippen molar-refractivity contribution in [3.05, 3.63) is 48.0 Å². The summed E-state index contributed by atoms with van der Waals surface area (Å²) in [6, 6.07) is 11.1. The van der Waals surface area contributed by atoms with Gasteiger partial charge in [0.2, 0.25) is 0 Å². The first-order valence-electron chi connectivity index (χ1n) is 10.5. The van der Waals surface area contributed by atoms with E-state index in [0.29, 0.717) is 17.7 Å². The second-order valence-electron chi connectivity index (χ2n) is 7.37. The molecule has 0 spiro atoms. The molecule has 0 aliphatic rings. The van der Waals surface area contributed by atoms with Crippen LogP contribution >= 0.6 is 0 Å². The Morgan fingerprint density at radius 1 is 0.900 bits per heavy atom. The summed E-state index contributed by atoms with van der Waals surface area (Å²) in [5.74, 6) is 0.183. The van der Waals surface area contributed by atoms with Crippen LogP contribution in [0.15, 0.2) is 47.4 Å². The van der Waals surface area contributed by atoms with Crippen molar-refractivity contribution in [2.45, 2.75) is 76.0 Å². The summed E-state index contributed by atoms with van der Waals surface area (Å²) < 4.78 is 39.1. The number of para-hydroxylation sites is 1. The van der Waals surface area contributed by atoms with Crippen molar-refractivity contribution in [2.24, 2.45) is 0 Å². The second kappa shape index (κ2) is 14.1. The number of unbranched alkanes of at least 4 members (excludes halogenated alkanes) is 8. The van der Waals surface area contributed by atoms with Crippen molar-refractivity contribution in [3.8, 4) is 17.2 Å². The van der Waals surface area contributed by atoms with Crippen molar-refractivity contribution in [1.82, 2.24) is 0 Å². The molecule has 30 heavy (non-hydrogen) atoms. The van der Waals surface area contributed by atoms with Crippen LogP contribution in [-0.2, 0) is 16.5 Å². The summed E-state index contributed by atoms with van der Waals surface area (Å²) in [4.78, 5) is -0.351. The van der Waals surface area contributed by atoms with E-state index in [0.717, 1.165) is 25.3 Å². The molecule has 0 aliphatic heterocycles. The van der Waals surface area contributed by atoms with Crippen LogP contribution in [0.3, 0.4) is 0 Å². The van der Waals surface area contributed by atoms with E-state index in [1.165, 1.54) is 44.6 Å². The van der Waals surface area contributed by atoms with E-state index in [9.17, 15) is 18.1 Å². The molecule has 5 nitrogen and oxygen atoms in total. The van der Waals surface area contributed by atoms with Crippen LogP contribution in [0.5, 0.6) is 17.2 Å². The minimum absolute atomic E-state index is 0. The largest absolute Gasteiger partial charge is 1.00 e. The number of rotatable bonds is 13. The molecule has 0 heterocycles. The van der Waals surface area contributed by atoms with Crippen molar-refractivity contribution in [2.75, 3.05) is 0 Å². The fourth-order valence-corrected chi connectivity index (χ4v) is 4.17. The molecule has 0 bridgehead atoms. The van der Waals surface area contributed by atoms with E-state index in [2.05, 4.69) is 6.92 Å². The summed E-state index contributed by atoms with van der Waals surface area (Å²) in [7, 11) is -4.51. The van der Waals surface area contributed by atoms with E-state index in [1.54, 1.807) is 24.3 Å². The number of ether oxygens (including phenoxy) is 1. The van der Waals surface area contributed by atoms with E-state index in [-0.39, 0.29) is 40.2 Å². The van der Waals surface area contributed by atoms with Crippen LogP contribution in [0.25, 0.3) is 0 Å². The molecule has 0 aliphatic carbocycles. The first kappa shape index (κ1) is 27.0. The Kier molecular flexibility index (Phi) is 12.7. The summed E-state index contributed by atoms with van der Waals surface area (Å²) in [6.07, 6.45) is 10.7. The Balaban J connectivity index is 0.00000450. The number of hydrogen-bond donors (Lipinski definition) is 1. The molecule has 2 aromatic rings. The number of hydrogen-bond acceptors (Lipinski definition) is 4. The summed E-state index contributed by atoms with van der Waals surface area (Å²) in [5, 5.41) is 12.0.